The van der Waals surface area contributed by atoms with Gasteiger partial charge in [0.1, 0.15) is 5.82 Å². The maximum Gasteiger partial charge on any atom is 0.264 e. The molecule has 0 aliphatic carbocycles. The van der Waals surface area contributed by atoms with Crippen LogP contribution in [0, 0.1) is 5.82 Å². The van der Waals surface area contributed by atoms with Crippen LogP contribution >= 0.6 is 11.8 Å². The van der Waals surface area contributed by atoms with E-state index in [1.54, 1.807) is 12.1 Å². The molecule has 0 saturated carbocycles. The first-order valence-electron chi connectivity index (χ1n) is 6.28. The molecule has 1 aliphatic rings. The van der Waals surface area contributed by atoms with Crippen LogP contribution in [-0.2, 0) is 11.8 Å². The summed E-state index contributed by atoms with van der Waals surface area (Å²) >= 11 is 1.27. The van der Waals surface area contributed by atoms with E-state index in [0.717, 1.165) is 5.69 Å². The fourth-order valence-electron chi connectivity index (χ4n) is 1.87. The molecular weight excluding hydrogens is 289 g/mol. The Bertz CT molecular complexity index is 747. The molecule has 0 bridgehead atoms. The number of benzene rings is 1. The fourth-order valence-corrected chi connectivity index (χ4v) is 2.70. The molecule has 1 aromatic heterocycles. The number of hydrogen-bond donors (Lipinski definition) is 1. The number of hydrogen-bond acceptors (Lipinski definition) is 3. The second kappa shape index (κ2) is 5.57. The van der Waals surface area contributed by atoms with Crippen molar-refractivity contribution in [2.75, 3.05) is 0 Å². The zero-order valence-corrected chi connectivity index (χ0v) is 12.0. The predicted molar refractivity (Wildman–Crippen MR) is 82.6 cm³/mol. The zero-order chi connectivity index (χ0) is 14.8. The smallest absolute Gasteiger partial charge is 0.264 e. The largest absolute Gasteiger partial charge is 0.351 e. The lowest BCUT2D eigenvalue weighted by Gasteiger charge is -1.97. The number of nitrogens with one attached hydrogen (secondary N) is 1. The minimum absolute atomic E-state index is 0.179. The van der Waals surface area contributed by atoms with Crippen LogP contribution in [0.5, 0.6) is 0 Å². The van der Waals surface area contributed by atoms with Gasteiger partial charge >= 0.3 is 0 Å². The van der Waals surface area contributed by atoms with Gasteiger partial charge in [0.2, 0.25) is 0 Å². The van der Waals surface area contributed by atoms with Gasteiger partial charge in [-0.05, 0) is 54.2 Å². The number of amides is 1. The van der Waals surface area contributed by atoms with Crippen LogP contribution in [0.4, 0.5) is 10.1 Å². The molecule has 1 amide bonds. The lowest BCUT2D eigenvalue weighted by Crippen LogP contribution is -2.19. The molecule has 2 aromatic rings. The van der Waals surface area contributed by atoms with Crippen molar-refractivity contribution in [2.24, 2.45) is 12.0 Å². The van der Waals surface area contributed by atoms with E-state index in [1.807, 2.05) is 36.0 Å². The van der Waals surface area contributed by atoms with Crippen molar-refractivity contribution in [3.8, 4) is 0 Å². The highest BCUT2D eigenvalue weighted by Crippen LogP contribution is 2.28. The summed E-state index contributed by atoms with van der Waals surface area (Å²) in [7, 11) is 1.91. The van der Waals surface area contributed by atoms with E-state index in [0.29, 0.717) is 15.8 Å². The van der Waals surface area contributed by atoms with Crippen LogP contribution in [0.15, 0.2) is 52.5 Å². The number of carbonyl (C=O) groups is 1. The zero-order valence-electron chi connectivity index (χ0n) is 11.2. The van der Waals surface area contributed by atoms with Crippen LogP contribution in [0.3, 0.4) is 0 Å². The molecule has 1 aliphatic heterocycles. The third kappa shape index (κ3) is 3.05. The Balaban J connectivity index is 1.83. The van der Waals surface area contributed by atoms with Gasteiger partial charge in [0, 0.05) is 18.9 Å². The number of carbonyl (C=O) groups excluding carboxylic acids is 1. The summed E-state index contributed by atoms with van der Waals surface area (Å²) in [4.78, 5) is 16.8. The second-order valence-electron chi connectivity index (χ2n) is 4.50. The Labute approximate surface area is 125 Å². The summed E-state index contributed by atoms with van der Waals surface area (Å²) in [6.07, 6.45) is 3.73. The van der Waals surface area contributed by atoms with Crippen LogP contribution in [0.25, 0.3) is 6.08 Å². The van der Waals surface area contributed by atoms with Crippen molar-refractivity contribution < 1.29 is 9.18 Å². The van der Waals surface area contributed by atoms with Crippen molar-refractivity contribution in [2.45, 2.75) is 0 Å². The predicted octanol–water partition coefficient (Wildman–Crippen LogP) is 3.06. The van der Waals surface area contributed by atoms with Crippen LogP contribution in [-0.4, -0.2) is 15.6 Å². The number of halogens is 1. The van der Waals surface area contributed by atoms with Gasteiger partial charge in [-0.3, -0.25) is 4.79 Å². The maximum atomic E-state index is 12.8. The summed E-state index contributed by atoms with van der Waals surface area (Å²) in [6, 6.07) is 9.64. The number of amidine groups is 1. The minimum Gasteiger partial charge on any atom is -0.351 e. The van der Waals surface area contributed by atoms with Crippen molar-refractivity contribution >= 4 is 34.6 Å². The summed E-state index contributed by atoms with van der Waals surface area (Å²) in [5, 5.41) is 3.19. The van der Waals surface area contributed by atoms with E-state index in [9.17, 15) is 9.18 Å². The molecule has 1 aromatic carbocycles. The van der Waals surface area contributed by atoms with Gasteiger partial charge in [-0.1, -0.05) is 0 Å². The maximum absolute atomic E-state index is 12.8. The molecule has 1 saturated heterocycles. The topological polar surface area (TPSA) is 46.4 Å². The molecule has 0 atom stereocenters. The average molecular weight is 301 g/mol. The summed E-state index contributed by atoms with van der Waals surface area (Å²) < 4.78 is 14.8. The van der Waals surface area contributed by atoms with Crippen molar-refractivity contribution in [3.05, 3.63) is 59.0 Å². The lowest BCUT2D eigenvalue weighted by atomic mass is 10.3. The summed E-state index contributed by atoms with van der Waals surface area (Å²) in [5.74, 6) is -0.492. The normalized spacial score (nSPS) is 18.5. The van der Waals surface area contributed by atoms with E-state index >= 15 is 0 Å². The van der Waals surface area contributed by atoms with Gasteiger partial charge < -0.3 is 9.88 Å². The molecule has 4 nitrogen and oxygen atoms in total. The highest BCUT2D eigenvalue weighted by atomic mass is 32.2. The minimum atomic E-state index is -0.314. The van der Waals surface area contributed by atoms with E-state index in [1.165, 1.54) is 23.9 Å². The van der Waals surface area contributed by atoms with Crippen molar-refractivity contribution in [1.29, 1.82) is 0 Å². The SMILES string of the molecule is Cn1cccc1/C=C1\SC(=Nc2ccc(F)cc2)NC1=O. The molecule has 21 heavy (non-hydrogen) atoms. The van der Waals surface area contributed by atoms with Gasteiger partial charge in [-0.2, -0.15) is 0 Å². The van der Waals surface area contributed by atoms with Crippen LogP contribution in [0.1, 0.15) is 5.69 Å². The number of rotatable bonds is 2. The first-order chi connectivity index (χ1) is 10.1. The molecule has 0 spiro atoms. The molecular formula is C15H12FN3OS. The summed E-state index contributed by atoms with van der Waals surface area (Å²) in [5.41, 5.74) is 1.54. The quantitative estimate of drug-likeness (QED) is 0.867. The third-order valence-corrected chi connectivity index (χ3v) is 3.88. The number of aromatic nitrogens is 1. The Morgan fingerprint density at radius 1 is 1.29 bits per heavy atom. The lowest BCUT2D eigenvalue weighted by molar-refractivity contribution is -0.115. The van der Waals surface area contributed by atoms with Crippen LogP contribution in [0.2, 0.25) is 0 Å². The molecule has 0 unspecified atom stereocenters. The van der Waals surface area contributed by atoms with Crippen LogP contribution < -0.4 is 5.32 Å². The molecule has 1 N–H and O–H groups in total. The van der Waals surface area contributed by atoms with E-state index < -0.39 is 0 Å². The average Bonchev–Trinajstić information content (AvgIpc) is 3.00. The molecule has 6 heteroatoms. The van der Waals surface area contributed by atoms with Gasteiger partial charge in [0.05, 0.1) is 10.6 Å². The first kappa shape index (κ1) is 13.6. The monoisotopic (exact) mass is 301 g/mol. The van der Waals surface area contributed by atoms with Gasteiger partial charge in [0.15, 0.2) is 5.17 Å². The van der Waals surface area contributed by atoms with Crippen molar-refractivity contribution in [3.63, 3.8) is 0 Å². The number of thioether (sulfide) groups is 1. The summed E-state index contributed by atoms with van der Waals surface area (Å²) in [6.45, 7) is 0. The molecule has 3 rings (SSSR count). The van der Waals surface area contributed by atoms with E-state index in [2.05, 4.69) is 10.3 Å². The van der Waals surface area contributed by atoms with Gasteiger partial charge in [0.25, 0.3) is 5.91 Å². The Morgan fingerprint density at radius 3 is 2.71 bits per heavy atom. The van der Waals surface area contributed by atoms with E-state index in [-0.39, 0.29) is 11.7 Å². The standard InChI is InChI=1S/C15H12FN3OS/c1-19-8-2-3-12(19)9-13-14(20)18-15(21-13)17-11-6-4-10(16)5-7-11/h2-9H,1H3,(H,17,18,20)/b13-9-. The second-order valence-corrected chi connectivity index (χ2v) is 5.53. The highest BCUT2D eigenvalue weighted by molar-refractivity contribution is 8.18. The third-order valence-electron chi connectivity index (χ3n) is 2.97. The van der Waals surface area contributed by atoms with Gasteiger partial charge in [-0.25, -0.2) is 9.38 Å². The van der Waals surface area contributed by atoms with E-state index in [4.69, 9.17) is 0 Å². The Morgan fingerprint density at radius 2 is 2.05 bits per heavy atom. The Kier molecular flexibility index (Phi) is 3.62. The first-order valence-corrected chi connectivity index (χ1v) is 7.10. The Hall–Kier alpha value is -2.34. The molecule has 0 radical (unpaired) electrons. The molecule has 2 heterocycles. The number of nitrogens with zero attached hydrogens (tertiary/aromatic N) is 2. The highest BCUT2D eigenvalue weighted by Gasteiger charge is 2.24. The molecule has 106 valence electrons. The fraction of sp³-hybridized carbons (Fsp3) is 0.0667. The molecule has 1 fully saturated rings. The van der Waals surface area contributed by atoms with Gasteiger partial charge in [-0.15, -0.1) is 0 Å². The number of aryl methyl sites for hydroxylation is 1. The number of aliphatic imine (C=N–C) groups is 1. The van der Waals surface area contributed by atoms with Crippen molar-refractivity contribution in [1.82, 2.24) is 9.88 Å².